The van der Waals surface area contributed by atoms with Gasteiger partial charge in [0.1, 0.15) is 11.6 Å². The molecule has 0 unspecified atom stereocenters. The zero-order chi connectivity index (χ0) is 14.8. The summed E-state index contributed by atoms with van der Waals surface area (Å²) in [5.41, 5.74) is 4.09. The highest BCUT2D eigenvalue weighted by atomic mass is 35.5. The predicted molar refractivity (Wildman–Crippen MR) is 84.1 cm³/mol. The summed E-state index contributed by atoms with van der Waals surface area (Å²) in [6.45, 7) is 2.82. The second-order valence-electron chi connectivity index (χ2n) is 5.19. The van der Waals surface area contributed by atoms with E-state index in [4.69, 9.17) is 11.6 Å². The maximum atomic E-state index is 13.5. The number of nitrogens with zero attached hydrogens (tertiary/aromatic N) is 2. The Hall–Kier alpha value is -1.87. The Labute approximate surface area is 128 Å². The molecule has 2 nitrogen and oxygen atoms in total. The van der Waals surface area contributed by atoms with Crippen molar-refractivity contribution in [2.24, 2.45) is 0 Å². The molecule has 0 radical (unpaired) electrons. The maximum Gasteiger partial charge on any atom is 0.125 e. The standard InChI is InChI=1S/C17H16ClFN2/c1-12-3-2-4-13(9-12)7-8-21-16-10-14(19)5-6-15(16)20-17(21)11-18/h2-6,9-10H,7-8,11H2,1H3. The van der Waals surface area contributed by atoms with Crippen LogP contribution in [-0.4, -0.2) is 9.55 Å². The Balaban J connectivity index is 1.93. The van der Waals surface area contributed by atoms with Gasteiger partial charge in [-0.1, -0.05) is 29.8 Å². The number of aromatic nitrogens is 2. The van der Waals surface area contributed by atoms with Gasteiger partial charge in [0.05, 0.1) is 16.9 Å². The third-order valence-corrected chi connectivity index (χ3v) is 3.85. The summed E-state index contributed by atoms with van der Waals surface area (Å²) in [5.74, 6) is 0.856. The molecule has 0 aliphatic heterocycles. The summed E-state index contributed by atoms with van der Waals surface area (Å²) in [7, 11) is 0. The SMILES string of the molecule is Cc1cccc(CCn2c(CCl)nc3ccc(F)cc32)c1. The Morgan fingerprint density at radius 1 is 1.19 bits per heavy atom. The molecular weight excluding hydrogens is 287 g/mol. The van der Waals surface area contributed by atoms with E-state index in [1.807, 2.05) is 4.57 Å². The normalized spacial score (nSPS) is 11.2. The molecule has 1 aromatic heterocycles. The van der Waals surface area contributed by atoms with Gasteiger partial charge >= 0.3 is 0 Å². The first-order chi connectivity index (χ1) is 10.2. The summed E-state index contributed by atoms with van der Waals surface area (Å²) in [4.78, 5) is 4.47. The lowest BCUT2D eigenvalue weighted by atomic mass is 10.1. The van der Waals surface area contributed by atoms with Crippen LogP contribution < -0.4 is 0 Å². The predicted octanol–water partition coefficient (Wildman–Crippen LogP) is 4.47. The highest BCUT2D eigenvalue weighted by molar-refractivity contribution is 6.16. The van der Waals surface area contributed by atoms with Crippen LogP contribution in [0.5, 0.6) is 0 Å². The molecule has 0 saturated carbocycles. The Bertz CT molecular complexity index is 780. The van der Waals surface area contributed by atoms with E-state index >= 15 is 0 Å². The molecule has 108 valence electrons. The van der Waals surface area contributed by atoms with Gasteiger partial charge < -0.3 is 4.57 Å². The molecule has 0 atom stereocenters. The molecule has 3 rings (SSSR count). The molecule has 0 spiro atoms. The minimum Gasteiger partial charge on any atom is -0.327 e. The summed E-state index contributed by atoms with van der Waals surface area (Å²) >= 11 is 5.97. The van der Waals surface area contributed by atoms with Crippen LogP contribution in [0.3, 0.4) is 0 Å². The summed E-state index contributed by atoms with van der Waals surface area (Å²) in [6, 6.07) is 13.1. The molecule has 1 heterocycles. The van der Waals surface area contributed by atoms with Crippen molar-refractivity contribution in [3.63, 3.8) is 0 Å². The number of fused-ring (bicyclic) bond motifs is 1. The molecule has 0 bridgehead atoms. The van der Waals surface area contributed by atoms with Crippen LogP contribution in [0.2, 0.25) is 0 Å². The highest BCUT2D eigenvalue weighted by Crippen LogP contribution is 2.20. The number of rotatable bonds is 4. The lowest BCUT2D eigenvalue weighted by molar-refractivity contribution is 0.626. The lowest BCUT2D eigenvalue weighted by Gasteiger charge is -2.08. The van der Waals surface area contributed by atoms with Crippen molar-refractivity contribution in [1.29, 1.82) is 0 Å². The van der Waals surface area contributed by atoms with Crippen LogP contribution in [-0.2, 0) is 18.8 Å². The van der Waals surface area contributed by atoms with Gasteiger partial charge in [-0.15, -0.1) is 11.6 Å². The zero-order valence-electron chi connectivity index (χ0n) is 11.8. The summed E-state index contributed by atoms with van der Waals surface area (Å²) in [5, 5.41) is 0. The van der Waals surface area contributed by atoms with Crippen LogP contribution in [0, 0.1) is 12.7 Å². The molecular formula is C17H16ClFN2. The van der Waals surface area contributed by atoms with Crippen molar-refractivity contribution in [2.45, 2.75) is 25.8 Å². The number of alkyl halides is 1. The molecule has 2 aromatic carbocycles. The fraction of sp³-hybridized carbons (Fsp3) is 0.235. The van der Waals surface area contributed by atoms with Gasteiger partial charge in [-0.05, 0) is 37.1 Å². The molecule has 21 heavy (non-hydrogen) atoms. The van der Waals surface area contributed by atoms with Crippen LogP contribution in [0.15, 0.2) is 42.5 Å². The van der Waals surface area contributed by atoms with Gasteiger partial charge in [-0.3, -0.25) is 0 Å². The Morgan fingerprint density at radius 2 is 2.05 bits per heavy atom. The van der Waals surface area contributed by atoms with Crippen LogP contribution in [0.4, 0.5) is 4.39 Å². The molecule has 0 aliphatic rings. The lowest BCUT2D eigenvalue weighted by Crippen LogP contribution is -2.05. The van der Waals surface area contributed by atoms with E-state index in [0.29, 0.717) is 5.88 Å². The topological polar surface area (TPSA) is 17.8 Å². The van der Waals surface area contributed by atoms with Gasteiger partial charge in [-0.2, -0.15) is 0 Å². The number of halogens is 2. The van der Waals surface area contributed by atoms with E-state index in [2.05, 4.69) is 36.2 Å². The van der Waals surface area contributed by atoms with Crippen LogP contribution >= 0.6 is 11.6 Å². The largest absolute Gasteiger partial charge is 0.327 e. The van der Waals surface area contributed by atoms with E-state index in [0.717, 1.165) is 29.8 Å². The Morgan fingerprint density at radius 3 is 2.81 bits per heavy atom. The fourth-order valence-electron chi connectivity index (χ4n) is 2.61. The van der Waals surface area contributed by atoms with Crippen LogP contribution in [0.1, 0.15) is 17.0 Å². The molecule has 4 heteroatoms. The average Bonchev–Trinajstić information content (AvgIpc) is 2.82. The smallest absolute Gasteiger partial charge is 0.125 e. The highest BCUT2D eigenvalue weighted by Gasteiger charge is 2.10. The van der Waals surface area contributed by atoms with Crippen LogP contribution in [0.25, 0.3) is 11.0 Å². The number of imidazole rings is 1. The van der Waals surface area contributed by atoms with Crippen molar-refractivity contribution in [3.05, 3.63) is 65.2 Å². The minimum absolute atomic E-state index is 0.250. The summed E-state index contributed by atoms with van der Waals surface area (Å²) in [6.07, 6.45) is 0.869. The van der Waals surface area contributed by atoms with Crippen molar-refractivity contribution in [2.75, 3.05) is 0 Å². The van der Waals surface area contributed by atoms with Crippen molar-refractivity contribution in [1.82, 2.24) is 9.55 Å². The zero-order valence-corrected chi connectivity index (χ0v) is 12.6. The second kappa shape index (κ2) is 5.86. The number of aryl methyl sites for hydroxylation is 3. The van der Waals surface area contributed by atoms with E-state index in [9.17, 15) is 4.39 Å². The molecule has 0 N–H and O–H groups in total. The third-order valence-electron chi connectivity index (χ3n) is 3.62. The maximum absolute atomic E-state index is 13.5. The van der Waals surface area contributed by atoms with E-state index in [1.165, 1.54) is 23.3 Å². The third kappa shape index (κ3) is 2.93. The summed E-state index contributed by atoms with van der Waals surface area (Å²) < 4.78 is 15.5. The first-order valence-corrected chi connectivity index (χ1v) is 7.47. The van der Waals surface area contributed by atoms with E-state index < -0.39 is 0 Å². The molecule has 0 fully saturated rings. The fourth-order valence-corrected chi connectivity index (χ4v) is 2.81. The average molecular weight is 303 g/mol. The van der Waals surface area contributed by atoms with Crippen molar-refractivity contribution < 1.29 is 4.39 Å². The number of hydrogen-bond acceptors (Lipinski definition) is 1. The first-order valence-electron chi connectivity index (χ1n) is 6.93. The van der Waals surface area contributed by atoms with Crippen molar-refractivity contribution >= 4 is 22.6 Å². The van der Waals surface area contributed by atoms with Gasteiger partial charge in [0, 0.05) is 6.54 Å². The van der Waals surface area contributed by atoms with Gasteiger partial charge in [0.2, 0.25) is 0 Å². The number of hydrogen-bond donors (Lipinski definition) is 0. The van der Waals surface area contributed by atoms with E-state index in [-0.39, 0.29) is 5.82 Å². The van der Waals surface area contributed by atoms with E-state index in [1.54, 1.807) is 6.07 Å². The van der Waals surface area contributed by atoms with Crippen molar-refractivity contribution in [3.8, 4) is 0 Å². The Kier molecular flexibility index (Phi) is 3.93. The molecule has 0 amide bonds. The molecule has 0 saturated heterocycles. The quantitative estimate of drug-likeness (QED) is 0.650. The first kappa shape index (κ1) is 14.1. The molecule has 3 aromatic rings. The van der Waals surface area contributed by atoms with Gasteiger partial charge in [-0.25, -0.2) is 9.37 Å². The second-order valence-corrected chi connectivity index (χ2v) is 5.45. The number of benzene rings is 2. The minimum atomic E-state index is -0.250. The monoisotopic (exact) mass is 302 g/mol. The molecule has 0 aliphatic carbocycles. The van der Waals surface area contributed by atoms with Gasteiger partial charge in [0.25, 0.3) is 0 Å². The van der Waals surface area contributed by atoms with Gasteiger partial charge in [0.15, 0.2) is 0 Å².